The lowest BCUT2D eigenvalue weighted by molar-refractivity contribution is -0.858. The highest BCUT2D eigenvalue weighted by Crippen LogP contribution is 2.14. The number of pyridine rings is 1. The van der Waals surface area contributed by atoms with Crippen molar-refractivity contribution in [2.75, 3.05) is 40.3 Å². The smallest absolute Gasteiger partial charge is 0.253 e. The fourth-order valence-electron chi connectivity index (χ4n) is 2.95. The van der Waals surface area contributed by atoms with Crippen molar-refractivity contribution >= 4 is 28.2 Å². The van der Waals surface area contributed by atoms with Crippen LogP contribution in [0.5, 0.6) is 0 Å². The molecule has 2 rings (SSSR count). The first-order chi connectivity index (χ1) is 12.9. The first-order valence-electron chi connectivity index (χ1n) is 9.46. The van der Waals surface area contributed by atoms with Gasteiger partial charge in [0.05, 0.1) is 27.2 Å². The van der Waals surface area contributed by atoms with E-state index in [1.54, 1.807) is 0 Å². The molecule has 0 saturated carbocycles. The SMILES string of the molecule is Cc1ccc2cc(CN(CCCO)C(=S)NCCC[NH+](C)C)c(=O)[nH]c2c1. The molecule has 0 atom stereocenters. The Labute approximate surface area is 166 Å². The Morgan fingerprint density at radius 3 is 2.78 bits per heavy atom. The minimum Gasteiger partial charge on any atom is -0.396 e. The summed E-state index contributed by atoms with van der Waals surface area (Å²) in [5.74, 6) is 0. The van der Waals surface area contributed by atoms with Crippen molar-refractivity contribution in [3.63, 3.8) is 0 Å². The average Bonchev–Trinajstić information content (AvgIpc) is 2.62. The molecule has 0 aliphatic carbocycles. The number of rotatable bonds is 9. The van der Waals surface area contributed by atoms with E-state index in [0.717, 1.165) is 36.0 Å². The molecule has 0 saturated heterocycles. The summed E-state index contributed by atoms with van der Waals surface area (Å²) in [4.78, 5) is 18.8. The van der Waals surface area contributed by atoms with Crippen LogP contribution in [0.4, 0.5) is 0 Å². The van der Waals surface area contributed by atoms with Crippen LogP contribution in [0, 0.1) is 6.92 Å². The van der Waals surface area contributed by atoms with Crippen LogP contribution in [-0.2, 0) is 6.54 Å². The second-order valence-electron chi connectivity index (χ2n) is 7.26. The fraction of sp³-hybridized carbons (Fsp3) is 0.500. The molecule has 0 spiro atoms. The van der Waals surface area contributed by atoms with E-state index < -0.39 is 0 Å². The molecule has 4 N–H and O–H groups in total. The molecular weight excluding hydrogens is 360 g/mol. The minimum atomic E-state index is -0.0962. The molecular formula is C20H31N4O2S+. The second-order valence-corrected chi connectivity index (χ2v) is 7.64. The van der Waals surface area contributed by atoms with Gasteiger partial charge in [0.2, 0.25) is 0 Å². The maximum Gasteiger partial charge on any atom is 0.253 e. The molecule has 148 valence electrons. The number of nitrogens with one attached hydrogen (secondary N) is 3. The van der Waals surface area contributed by atoms with Crippen molar-refractivity contribution in [2.24, 2.45) is 0 Å². The Morgan fingerprint density at radius 1 is 1.30 bits per heavy atom. The van der Waals surface area contributed by atoms with E-state index >= 15 is 0 Å². The van der Waals surface area contributed by atoms with Crippen LogP contribution in [0.1, 0.15) is 24.0 Å². The summed E-state index contributed by atoms with van der Waals surface area (Å²) >= 11 is 5.54. The van der Waals surface area contributed by atoms with E-state index in [9.17, 15) is 9.90 Å². The van der Waals surface area contributed by atoms with Crippen LogP contribution in [0.15, 0.2) is 29.1 Å². The van der Waals surface area contributed by atoms with Crippen LogP contribution in [0.3, 0.4) is 0 Å². The predicted molar refractivity (Wildman–Crippen MR) is 114 cm³/mol. The summed E-state index contributed by atoms with van der Waals surface area (Å²) in [5.41, 5.74) is 2.53. The van der Waals surface area contributed by atoms with Crippen molar-refractivity contribution in [3.8, 4) is 0 Å². The van der Waals surface area contributed by atoms with Crippen molar-refractivity contribution in [3.05, 3.63) is 45.7 Å². The maximum atomic E-state index is 12.5. The van der Waals surface area contributed by atoms with Gasteiger partial charge in [-0.2, -0.15) is 0 Å². The highest BCUT2D eigenvalue weighted by Gasteiger charge is 2.13. The lowest BCUT2D eigenvalue weighted by atomic mass is 10.1. The largest absolute Gasteiger partial charge is 0.396 e. The van der Waals surface area contributed by atoms with Crippen LogP contribution in [0.2, 0.25) is 0 Å². The van der Waals surface area contributed by atoms with Crippen molar-refractivity contribution in [2.45, 2.75) is 26.3 Å². The topological polar surface area (TPSA) is 72.8 Å². The zero-order valence-electron chi connectivity index (χ0n) is 16.5. The van der Waals surface area contributed by atoms with E-state index in [1.165, 1.54) is 4.90 Å². The summed E-state index contributed by atoms with van der Waals surface area (Å²) in [6.07, 6.45) is 1.63. The molecule has 7 heteroatoms. The Morgan fingerprint density at radius 2 is 2.07 bits per heavy atom. The second kappa shape index (κ2) is 10.4. The number of fused-ring (bicyclic) bond motifs is 1. The van der Waals surface area contributed by atoms with Gasteiger partial charge in [0.15, 0.2) is 5.11 Å². The third-order valence-electron chi connectivity index (χ3n) is 4.44. The Kier molecular flexibility index (Phi) is 8.22. The van der Waals surface area contributed by atoms with E-state index in [-0.39, 0.29) is 12.2 Å². The number of aliphatic hydroxyl groups excluding tert-OH is 1. The molecule has 0 bridgehead atoms. The summed E-state index contributed by atoms with van der Waals surface area (Å²) < 4.78 is 0. The first-order valence-corrected chi connectivity index (χ1v) is 9.86. The molecule has 1 aromatic heterocycles. The summed E-state index contributed by atoms with van der Waals surface area (Å²) in [6.45, 7) is 4.99. The average molecular weight is 392 g/mol. The molecule has 0 aliphatic rings. The molecule has 6 nitrogen and oxygen atoms in total. The minimum absolute atomic E-state index is 0.0937. The van der Waals surface area contributed by atoms with E-state index in [2.05, 4.69) is 24.4 Å². The zero-order chi connectivity index (χ0) is 19.8. The van der Waals surface area contributed by atoms with Gasteiger partial charge in [-0.25, -0.2) is 0 Å². The number of aliphatic hydroxyl groups is 1. The van der Waals surface area contributed by atoms with Crippen molar-refractivity contribution < 1.29 is 10.0 Å². The zero-order valence-corrected chi connectivity index (χ0v) is 17.3. The number of thiocarbonyl (C=S) groups is 1. The summed E-state index contributed by atoms with van der Waals surface area (Å²) in [7, 11) is 4.25. The number of hydrogen-bond donors (Lipinski definition) is 4. The third-order valence-corrected chi connectivity index (χ3v) is 4.85. The summed E-state index contributed by atoms with van der Waals surface area (Å²) in [6, 6.07) is 7.95. The molecule has 0 amide bonds. The van der Waals surface area contributed by atoms with Crippen LogP contribution in [-0.4, -0.2) is 60.4 Å². The van der Waals surface area contributed by atoms with Gasteiger partial charge in [-0.15, -0.1) is 0 Å². The van der Waals surface area contributed by atoms with E-state index in [1.807, 2.05) is 36.1 Å². The number of benzene rings is 1. The normalized spacial score (nSPS) is 11.1. The number of hydrogen-bond acceptors (Lipinski definition) is 3. The van der Waals surface area contributed by atoms with Crippen LogP contribution < -0.4 is 15.8 Å². The van der Waals surface area contributed by atoms with Crippen LogP contribution >= 0.6 is 12.2 Å². The number of H-pyrrole nitrogens is 1. The van der Waals surface area contributed by atoms with Gasteiger partial charge >= 0.3 is 0 Å². The lowest BCUT2D eigenvalue weighted by Crippen LogP contribution is -3.05. The Bertz CT molecular complexity index is 819. The molecule has 0 aliphatic heterocycles. The van der Waals surface area contributed by atoms with E-state index in [4.69, 9.17) is 12.2 Å². The number of aromatic amines is 1. The van der Waals surface area contributed by atoms with Gasteiger partial charge < -0.3 is 25.2 Å². The van der Waals surface area contributed by atoms with Gasteiger partial charge in [0.25, 0.3) is 5.56 Å². The van der Waals surface area contributed by atoms with Gasteiger partial charge in [0.1, 0.15) is 0 Å². The maximum absolute atomic E-state index is 12.5. The van der Waals surface area contributed by atoms with Gasteiger partial charge in [0, 0.05) is 37.2 Å². The number of aromatic nitrogens is 1. The van der Waals surface area contributed by atoms with Crippen molar-refractivity contribution in [1.29, 1.82) is 0 Å². The van der Waals surface area contributed by atoms with E-state index in [0.29, 0.717) is 30.2 Å². The van der Waals surface area contributed by atoms with Gasteiger partial charge in [-0.1, -0.05) is 12.1 Å². The molecule has 1 heterocycles. The van der Waals surface area contributed by atoms with Gasteiger partial charge in [-0.3, -0.25) is 4.79 Å². The molecule has 1 aromatic carbocycles. The lowest BCUT2D eigenvalue weighted by Gasteiger charge is -2.25. The standard InChI is InChI=1S/C20H30N4O2S/c1-15-6-7-16-13-17(19(26)22-18(16)12-15)14-24(10-5-11-25)20(27)21-8-4-9-23(2)3/h6-7,12-13,25H,4-5,8-11,14H2,1-3H3,(H,21,27)(H,22,26)/p+1. The van der Waals surface area contributed by atoms with Crippen LogP contribution in [0.25, 0.3) is 10.9 Å². The number of quaternary nitrogens is 1. The first kappa shape index (κ1) is 21.3. The van der Waals surface area contributed by atoms with Crippen molar-refractivity contribution in [1.82, 2.24) is 15.2 Å². The molecule has 0 radical (unpaired) electrons. The highest BCUT2D eigenvalue weighted by atomic mass is 32.1. The third kappa shape index (κ3) is 6.61. The summed E-state index contributed by atoms with van der Waals surface area (Å²) in [5, 5.41) is 14.1. The Hall–Kier alpha value is -1.96. The predicted octanol–water partition coefficient (Wildman–Crippen LogP) is 0.430. The highest BCUT2D eigenvalue weighted by molar-refractivity contribution is 7.80. The van der Waals surface area contributed by atoms with Gasteiger partial charge in [-0.05, 0) is 48.6 Å². The molecule has 2 aromatic rings. The molecule has 27 heavy (non-hydrogen) atoms. The fourth-order valence-corrected chi connectivity index (χ4v) is 3.20. The molecule has 0 fully saturated rings. The Balaban J connectivity index is 2.11. The quantitative estimate of drug-likeness (QED) is 0.369. The molecule has 0 unspecified atom stereocenters. The monoisotopic (exact) mass is 391 g/mol. The number of aryl methyl sites for hydroxylation is 1. The number of nitrogens with zero attached hydrogens (tertiary/aromatic N) is 1.